The lowest BCUT2D eigenvalue weighted by molar-refractivity contribution is 0.0299. The van der Waals surface area contributed by atoms with Gasteiger partial charge in [0.2, 0.25) is 0 Å². The van der Waals surface area contributed by atoms with Crippen LogP contribution < -0.4 is 0 Å². The number of nitrogens with zero attached hydrogens (tertiary/aromatic N) is 2. The zero-order valence-corrected chi connectivity index (χ0v) is 12.7. The number of aliphatic hydroxyl groups is 2. The summed E-state index contributed by atoms with van der Waals surface area (Å²) in [4.78, 5) is 4.54. The van der Waals surface area contributed by atoms with Gasteiger partial charge in [-0.05, 0) is 66.1 Å². The van der Waals surface area contributed by atoms with Crippen LogP contribution in [0.5, 0.6) is 0 Å². The maximum absolute atomic E-state index is 9.81. The van der Waals surface area contributed by atoms with Crippen molar-refractivity contribution in [2.45, 2.75) is 69.2 Å². The Balaban J connectivity index is 0.000000148. The number of likely N-dealkylation sites (N-methyl/N-ethyl adjacent to an activating group) is 2. The van der Waals surface area contributed by atoms with Gasteiger partial charge in [-0.2, -0.15) is 0 Å². The minimum Gasteiger partial charge on any atom is -0.391 e. The quantitative estimate of drug-likeness (QED) is 0.691. The van der Waals surface area contributed by atoms with Gasteiger partial charge in [0.05, 0.1) is 12.2 Å². The third-order valence-electron chi connectivity index (χ3n) is 5.60. The molecule has 3 fully saturated rings. The van der Waals surface area contributed by atoms with Gasteiger partial charge in [0.15, 0.2) is 0 Å². The fraction of sp³-hybridized carbons (Fsp3) is 1.00. The van der Waals surface area contributed by atoms with Crippen LogP contribution in [-0.4, -0.2) is 71.0 Å². The maximum Gasteiger partial charge on any atom is 0.0723 e. The van der Waals surface area contributed by atoms with Gasteiger partial charge in [-0.15, -0.1) is 0 Å². The molecule has 0 aromatic rings. The predicted molar refractivity (Wildman–Crippen MR) is 77.2 cm³/mol. The summed E-state index contributed by atoms with van der Waals surface area (Å²) in [6, 6.07) is 0.370. The second kappa shape index (κ2) is 6.08. The van der Waals surface area contributed by atoms with Crippen molar-refractivity contribution < 1.29 is 10.2 Å². The zero-order chi connectivity index (χ0) is 14.0. The Bertz CT molecular complexity index is 270. The summed E-state index contributed by atoms with van der Waals surface area (Å²) in [5, 5.41) is 18.9. The molecule has 2 saturated heterocycles. The van der Waals surface area contributed by atoms with Gasteiger partial charge in [0.25, 0.3) is 0 Å². The third-order valence-corrected chi connectivity index (χ3v) is 5.60. The van der Waals surface area contributed by atoms with E-state index in [1.165, 1.54) is 32.2 Å². The van der Waals surface area contributed by atoms with Crippen LogP contribution >= 0.6 is 0 Å². The highest BCUT2D eigenvalue weighted by molar-refractivity contribution is 5.03. The number of aliphatic hydroxyl groups excluding tert-OH is 2. The zero-order valence-electron chi connectivity index (χ0n) is 12.7. The molecule has 0 bridgehead atoms. The summed E-state index contributed by atoms with van der Waals surface area (Å²) >= 11 is 0. The normalized spacial score (nSPS) is 43.7. The molecule has 4 unspecified atom stereocenters. The Morgan fingerprint density at radius 2 is 1.68 bits per heavy atom. The van der Waals surface area contributed by atoms with Crippen molar-refractivity contribution in [1.82, 2.24) is 9.80 Å². The van der Waals surface area contributed by atoms with Crippen LogP contribution in [0.1, 0.15) is 45.4 Å². The van der Waals surface area contributed by atoms with E-state index in [1.807, 2.05) is 7.05 Å². The fourth-order valence-corrected chi connectivity index (χ4v) is 3.88. The van der Waals surface area contributed by atoms with Gasteiger partial charge in [-0.3, -0.25) is 4.90 Å². The summed E-state index contributed by atoms with van der Waals surface area (Å²) in [5.41, 5.74) is 0.194. The maximum atomic E-state index is 9.81. The van der Waals surface area contributed by atoms with Crippen LogP contribution in [0.2, 0.25) is 0 Å². The molecule has 3 rings (SSSR count). The largest absolute Gasteiger partial charge is 0.391 e. The van der Waals surface area contributed by atoms with Crippen molar-refractivity contribution in [2.24, 2.45) is 0 Å². The lowest BCUT2D eigenvalue weighted by atomic mass is 9.92. The van der Waals surface area contributed by atoms with Crippen molar-refractivity contribution >= 4 is 0 Å². The number of hydrogen-bond donors (Lipinski definition) is 2. The van der Waals surface area contributed by atoms with Gasteiger partial charge in [0.1, 0.15) is 0 Å². The van der Waals surface area contributed by atoms with Crippen molar-refractivity contribution in [3.05, 3.63) is 0 Å². The summed E-state index contributed by atoms with van der Waals surface area (Å²) in [6.07, 6.45) is 6.74. The molecule has 3 aliphatic rings. The number of likely N-dealkylation sites (tertiary alicyclic amines) is 2. The van der Waals surface area contributed by atoms with E-state index in [0.29, 0.717) is 6.04 Å². The molecule has 0 amide bonds. The molecular formula is C15H30N2O2. The van der Waals surface area contributed by atoms with Crippen molar-refractivity contribution in [3.63, 3.8) is 0 Å². The Kier molecular flexibility index (Phi) is 4.88. The van der Waals surface area contributed by atoms with E-state index in [1.54, 1.807) is 0 Å². The molecule has 4 nitrogen and oxygen atoms in total. The first kappa shape index (κ1) is 15.2. The molecule has 112 valence electrons. The molecule has 1 aliphatic carbocycles. The van der Waals surface area contributed by atoms with Gasteiger partial charge < -0.3 is 15.1 Å². The summed E-state index contributed by atoms with van der Waals surface area (Å²) in [6.45, 7) is 4.27. The number of hydrogen-bond acceptors (Lipinski definition) is 4. The minimum absolute atomic E-state index is 0.0463. The van der Waals surface area contributed by atoms with E-state index in [0.717, 1.165) is 19.4 Å². The first-order valence-electron chi connectivity index (χ1n) is 7.75. The van der Waals surface area contributed by atoms with Crippen LogP contribution in [0.15, 0.2) is 0 Å². The molecule has 0 aromatic carbocycles. The topological polar surface area (TPSA) is 46.9 Å². The molecule has 4 atom stereocenters. The van der Waals surface area contributed by atoms with E-state index >= 15 is 0 Å². The molecule has 1 spiro atoms. The summed E-state index contributed by atoms with van der Waals surface area (Å²) < 4.78 is 0. The van der Waals surface area contributed by atoms with Crippen molar-refractivity contribution in [1.29, 1.82) is 0 Å². The Morgan fingerprint density at radius 3 is 2.00 bits per heavy atom. The first-order chi connectivity index (χ1) is 8.97. The monoisotopic (exact) mass is 270 g/mol. The molecule has 19 heavy (non-hydrogen) atoms. The Morgan fingerprint density at radius 1 is 1.00 bits per heavy atom. The van der Waals surface area contributed by atoms with Crippen LogP contribution in [0.3, 0.4) is 0 Å². The molecular weight excluding hydrogens is 240 g/mol. The third kappa shape index (κ3) is 2.97. The van der Waals surface area contributed by atoms with Gasteiger partial charge in [0, 0.05) is 18.1 Å². The highest BCUT2D eigenvalue weighted by atomic mass is 16.3. The second-order valence-corrected chi connectivity index (χ2v) is 6.61. The van der Waals surface area contributed by atoms with Crippen LogP contribution in [0.25, 0.3) is 0 Å². The molecule has 2 N–H and O–H groups in total. The molecule has 0 radical (unpaired) electrons. The van der Waals surface area contributed by atoms with E-state index in [9.17, 15) is 5.11 Å². The molecule has 1 saturated carbocycles. The van der Waals surface area contributed by atoms with Crippen molar-refractivity contribution in [2.75, 3.05) is 27.2 Å². The minimum atomic E-state index is -0.0833. The van der Waals surface area contributed by atoms with E-state index < -0.39 is 0 Å². The first-order valence-corrected chi connectivity index (χ1v) is 7.75. The summed E-state index contributed by atoms with van der Waals surface area (Å²) in [5.74, 6) is 0. The SMILES string of the molecule is CC1C(O)CCN1C.CN1CCCC12CCCC2O. The van der Waals surface area contributed by atoms with E-state index in [4.69, 9.17) is 5.11 Å². The van der Waals surface area contributed by atoms with Crippen LogP contribution in [0.4, 0.5) is 0 Å². The average Bonchev–Trinajstić information content (AvgIpc) is 3.02. The van der Waals surface area contributed by atoms with Crippen LogP contribution in [0, 0.1) is 0 Å². The highest BCUT2D eigenvalue weighted by Crippen LogP contribution is 2.42. The highest BCUT2D eigenvalue weighted by Gasteiger charge is 2.47. The lowest BCUT2D eigenvalue weighted by Gasteiger charge is -2.35. The van der Waals surface area contributed by atoms with Crippen LogP contribution in [-0.2, 0) is 0 Å². The van der Waals surface area contributed by atoms with Crippen molar-refractivity contribution in [3.8, 4) is 0 Å². The van der Waals surface area contributed by atoms with Gasteiger partial charge >= 0.3 is 0 Å². The summed E-state index contributed by atoms with van der Waals surface area (Å²) in [7, 11) is 4.20. The van der Waals surface area contributed by atoms with E-state index in [2.05, 4.69) is 23.8 Å². The molecule has 2 heterocycles. The fourth-order valence-electron chi connectivity index (χ4n) is 3.88. The van der Waals surface area contributed by atoms with Gasteiger partial charge in [-0.25, -0.2) is 0 Å². The lowest BCUT2D eigenvalue weighted by Crippen LogP contribution is -2.47. The number of rotatable bonds is 0. The Hall–Kier alpha value is -0.160. The molecule has 4 heteroatoms. The average molecular weight is 270 g/mol. The van der Waals surface area contributed by atoms with Gasteiger partial charge in [-0.1, -0.05) is 0 Å². The predicted octanol–water partition coefficient (Wildman–Crippen LogP) is 1.07. The van der Waals surface area contributed by atoms with E-state index in [-0.39, 0.29) is 17.7 Å². The Labute approximate surface area is 117 Å². The smallest absolute Gasteiger partial charge is 0.0723 e. The molecule has 0 aromatic heterocycles. The second-order valence-electron chi connectivity index (χ2n) is 6.61. The molecule has 2 aliphatic heterocycles. The standard InChI is InChI=1S/C9H17NO.C6H13NO/c1-10-7-3-6-9(10)5-2-4-8(9)11;1-5-6(8)3-4-7(5)2/h8,11H,2-7H2,1H3;5-6,8H,3-4H2,1-2H3.